The number of hydrogen-bond donors (Lipinski definition) is 1. The smallest absolute Gasteiger partial charge is 0.176 e. The summed E-state index contributed by atoms with van der Waals surface area (Å²) in [4.78, 5) is 4.73. The van der Waals surface area contributed by atoms with E-state index in [1.54, 1.807) is 31.8 Å². The van der Waals surface area contributed by atoms with Gasteiger partial charge in [0.15, 0.2) is 11.6 Å². The highest BCUT2D eigenvalue weighted by Gasteiger charge is 2.21. The summed E-state index contributed by atoms with van der Waals surface area (Å²) in [6, 6.07) is 9.79. The summed E-state index contributed by atoms with van der Waals surface area (Å²) in [5, 5.41) is 19.2. The van der Waals surface area contributed by atoms with Crippen LogP contribution in [0, 0.1) is 0 Å². The Morgan fingerprint density at radius 2 is 1.85 bits per heavy atom. The first kappa shape index (κ1) is 18.1. The average molecular weight is 355 g/mol. The maximum absolute atomic E-state index is 10.3. The highest BCUT2D eigenvalue weighted by atomic mass is 16.5. The van der Waals surface area contributed by atoms with Crippen LogP contribution in [0.3, 0.4) is 0 Å². The minimum Gasteiger partial charge on any atom is -0.497 e. The van der Waals surface area contributed by atoms with Crippen molar-refractivity contribution in [2.75, 3.05) is 7.11 Å². The SMILES string of the molecule is CCn1nccc1-c1nc(Cc2ccc(OC)cc2)nn1CC(C)(C)O. The van der Waals surface area contributed by atoms with Crippen LogP contribution in [-0.4, -0.2) is 42.4 Å². The van der Waals surface area contributed by atoms with E-state index in [4.69, 9.17) is 9.72 Å². The third kappa shape index (κ3) is 4.11. The maximum atomic E-state index is 10.3. The summed E-state index contributed by atoms with van der Waals surface area (Å²) in [5.41, 5.74) is 1.10. The van der Waals surface area contributed by atoms with Crippen LogP contribution in [0.2, 0.25) is 0 Å². The zero-order valence-electron chi connectivity index (χ0n) is 15.7. The number of aromatic nitrogens is 5. The molecule has 3 rings (SSSR count). The second-order valence-corrected chi connectivity index (χ2v) is 6.88. The number of methoxy groups -OCH3 is 1. The quantitative estimate of drug-likeness (QED) is 0.705. The Morgan fingerprint density at radius 3 is 2.46 bits per heavy atom. The molecule has 3 aromatic rings. The average Bonchev–Trinajstić information content (AvgIpc) is 3.20. The molecule has 1 aromatic carbocycles. The van der Waals surface area contributed by atoms with Gasteiger partial charge in [-0.15, -0.1) is 0 Å². The fraction of sp³-hybridized carbons (Fsp3) is 0.421. The largest absolute Gasteiger partial charge is 0.497 e. The number of benzene rings is 1. The van der Waals surface area contributed by atoms with Gasteiger partial charge in [-0.05, 0) is 44.5 Å². The van der Waals surface area contributed by atoms with Crippen LogP contribution in [-0.2, 0) is 19.5 Å². The van der Waals surface area contributed by atoms with Crippen molar-refractivity contribution in [1.29, 1.82) is 0 Å². The molecule has 0 amide bonds. The minimum absolute atomic E-state index is 0.354. The Kier molecular flexibility index (Phi) is 5.08. The standard InChI is InChI=1S/C19H25N5O2/c1-5-23-16(10-11-20-23)18-21-17(22-24(18)13-19(2,3)25)12-14-6-8-15(26-4)9-7-14/h6-11,25H,5,12-13H2,1-4H3. The first-order valence-electron chi connectivity index (χ1n) is 8.71. The molecular formula is C19H25N5O2. The van der Waals surface area contributed by atoms with E-state index in [-0.39, 0.29) is 0 Å². The minimum atomic E-state index is -0.892. The van der Waals surface area contributed by atoms with Crippen molar-refractivity contribution in [3.8, 4) is 17.3 Å². The number of aliphatic hydroxyl groups is 1. The molecule has 2 aromatic heterocycles. The monoisotopic (exact) mass is 355 g/mol. The highest BCUT2D eigenvalue weighted by Crippen LogP contribution is 2.21. The fourth-order valence-corrected chi connectivity index (χ4v) is 2.83. The maximum Gasteiger partial charge on any atom is 0.176 e. The van der Waals surface area contributed by atoms with Crippen molar-refractivity contribution in [2.45, 2.75) is 45.9 Å². The van der Waals surface area contributed by atoms with E-state index in [1.807, 2.05) is 41.9 Å². The van der Waals surface area contributed by atoms with E-state index in [0.29, 0.717) is 18.8 Å². The van der Waals surface area contributed by atoms with Gasteiger partial charge in [-0.2, -0.15) is 10.2 Å². The van der Waals surface area contributed by atoms with Gasteiger partial charge in [0.05, 0.1) is 19.3 Å². The zero-order chi connectivity index (χ0) is 18.7. The van der Waals surface area contributed by atoms with E-state index in [1.165, 1.54) is 0 Å². The normalized spacial score (nSPS) is 11.7. The van der Waals surface area contributed by atoms with Crippen LogP contribution in [0.15, 0.2) is 36.5 Å². The lowest BCUT2D eigenvalue weighted by molar-refractivity contribution is 0.0580. The van der Waals surface area contributed by atoms with Crippen LogP contribution >= 0.6 is 0 Å². The molecule has 26 heavy (non-hydrogen) atoms. The van der Waals surface area contributed by atoms with Gasteiger partial charge in [-0.25, -0.2) is 9.67 Å². The van der Waals surface area contributed by atoms with Crippen molar-refractivity contribution in [1.82, 2.24) is 24.5 Å². The van der Waals surface area contributed by atoms with E-state index in [2.05, 4.69) is 10.2 Å². The molecule has 7 heteroatoms. The molecule has 0 saturated carbocycles. The molecule has 0 aliphatic carbocycles. The number of ether oxygens (including phenoxy) is 1. The second kappa shape index (κ2) is 7.29. The fourth-order valence-electron chi connectivity index (χ4n) is 2.83. The molecule has 0 spiro atoms. The molecular weight excluding hydrogens is 330 g/mol. The summed E-state index contributed by atoms with van der Waals surface area (Å²) < 4.78 is 8.84. The summed E-state index contributed by atoms with van der Waals surface area (Å²) in [6.07, 6.45) is 2.36. The van der Waals surface area contributed by atoms with Crippen LogP contribution in [0.4, 0.5) is 0 Å². The number of aryl methyl sites for hydroxylation is 1. The molecule has 0 aliphatic rings. The lowest BCUT2D eigenvalue weighted by atomic mass is 10.1. The van der Waals surface area contributed by atoms with Crippen LogP contribution in [0.5, 0.6) is 5.75 Å². The zero-order valence-corrected chi connectivity index (χ0v) is 15.7. The molecule has 7 nitrogen and oxygen atoms in total. The summed E-state index contributed by atoms with van der Waals surface area (Å²) in [5.74, 6) is 2.25. The summed E-state index contributed by atoms with van der Waals surface area (Å²) in [6.45, 7) is 6.65. The molecule has 0 atom stereocenters. The molecule has 2 heterocycles. The predicted octanol–water partition coefficient (Wildman–Crippen LogP) is 2.53. The molecule has 0 unspecified atom stereocenters. The Balaban J connectivity index is 1.95. The van der Waals surface area contributed by atoms with Gasteiger partial charge < -0.3 is 9.84 Å². The van der Waals surface area contributed by atoms with E-state index < -0.39 is 5.60 Å². The Morgan fingerprint density at radius 1 is 1.12 bits per heavy atom. The van der Waals surface area contributed by atoms with E-state index in [9.17, 15) is 5.11 Å². The van der Waals surface area contributed by atoms with E-state index >= 15 is 0 Å². The van der Waals surface area contributed by atoms with Crippen molar-refractivity contribution < 1.29 is 9.84 Å². The molecule has 1 N–H and O–H groups in total. The highest BCUT2D eigenvalue weighted by molar-refractivity contribution is 5.49. The number of hydrogen-bond acceptors (Lipinski definition) is 5. The molecule has 0 aliphatic heterocycles. The predicted molar refractivity (Wildman–Crippen MR) is 99.0 cm³/mol. The first-order chi connectivity index (χ1) is 12.4. The topological polar surface area (TPSA) is 78.0 Å². The van der Waals surface area contributed by atoms with Gasteiger partial charge in [-0.1, -0.05) is 12.1 Å². The molecule has 0 radical (unpaired) electrons. The van der Waals surface area contributed by atoms with Crippen molar-refractivity contribution in [2.24, 2.45) is 0 Å². The summed E-state index contributed by atoms with van der Waals surface area (Å²) in [7, 11) is 1.65. The van der Waals surface area contributed by atoms with Gasteiger partial charge in [0, 0.05) is 19.2 Å². The Labute approximate surface area is 153 Å². The molecule has 138 valence electrons. The molecule has 0 fully saturated rings. The lowest BCUT2D eigenvalue weighted by Gasteiger charge is -2.18. The van der Waals surface area contributed by atoms with Crippen LogP contribution in [0.1, 0.15) is 32.2 Å². The molecule has 0 bridgehead atoms. The second-order valence-electron chi connectivity index (χ2n) is 6.88. The Bertz CT molecular complexity index is 859. The van der Waals surface area contributed by atoms with Gasteiger partial charge in [-0.3, -0.25) is 4.68 Å². The molecule has 0 saturated heterocycles. The third-order valence-electron chi connectivity index (χ3n) is 4.02. The van der Waals surface area contributed by atoms with Crippen LogP contribution in [0.25, 0.3) is 11.5 Å². The number of rotatable bonds is 7. The Hall–Kier alpha value is -2.67. The van der Waals surface area contributed by atoms with E-state index in [0.717, 1.165) is 29.4 Å². The summed E-state index contributed by atoms with van der Waals surface area (Å²) >= 11 is 0. The first-order valence-corrected chi connectivity index (χ1v) is 8.71. The van der Waals surface area contributed by atoms with Crippen molar-refractivity contribution in [3.05, 3.63) is 47.9 Å². The van der Waals surface area contributed by atoms with Gasteiger partial charge in [0.2, 0.25) is 0 Å². The van der Waals surface area contributed by atoms with Crippen LogP contribution < -0.4 is 4.74 Å². The number of nitrogens with zero attached hydrogens (tertiary/aromatic N) is 5. The van der Waals surface area contributed by atoms with Gasteiger partial charge in [0.25, 0.3) is 0 Å². The van der Waals surface area contributed by atoms with Gasteiger partial charge in [0.1, 0.15) is 11.4 Å². The van der Waals surface area contributed by atoms with Crippen molar-refractivity contribution >= 4 is 0 Å². The van der Waals surface area contributed by atoms with Gasteiger partial charge >= 0.3 is 0 Å². The third-order valence-corrected chi connectivity index (χ3v) is 4.02. The lowest BCUT2D eigenvalue weighted by Crippen LogP contribution is -2.27. The van der Waals surface area contributed by atoms with Crippen molar-refractivity contribution in [3.63, 3.8) is 0 Å².